The fourth-order valence-corrected chi connectivity index (χ4v) is 3.53. The van der Waals surface area contributed by atoms with Gasteiger partial charge in [0.25, 0.3) is 0 Å². The molecule has 0 fully saturated rings. The summed E-state index contributed by atoms with van der Waals surface area (Å²) in [6.45, 7) is 5.89. The summed E-state index contributed by atoms with van der Waals surface area (Å²) in [6.07, 6.45) is 4.77. The summed E-state index contributed by atoms with van der Waals surface area (Å²) in [5, 5.41) is 11.1. The molecular weight excluding hydrogens is 441 g/mol. The van der Waals surface area contributed by atoms with E-state index < -0.39 is 0 Å². The van der Waals surface area contributed by atoms with Gasteiger partial charge in [0.15, 0.2) is 5.96 Å². The molecule has 0 saturated carbocycles. The molecule has 0 aliphatic carbocycles. The van der Waals surface area contributed by atoms with Crippen LogP contribution in [-0.2, 0) is 19.3 Å². The summed E-state index contributed by atoms with van der Waals surface area (Å²) in [7, 11) is 1.79. The third-order valence-electron chi connectivity index (χ3n) is 3.10. The number of rotatable bonds is 7. The molecule has 0 unspecified atom stereocenters. The summed E-state index contributed by atoms with van der Waals surface area (Å²) in [6, 6.07) is 0. The predicted octanol–water partition coefficient (Wildman–Crippen LogP) is 3.04. The summed E-state index contributed by atoms with van der Waals surface area (Å²) in [5.74, 6) is 0.833. The first kappa shape index (κ1) is 20.3. The molecule has 0 aliphatic heterocycles. The predicted molar refractivity (Wildman–Crippen MR) is 111 cm³/mol. The third kappa shape index (κ3) is 7.13. The fraction of sp³-hybridized carbons (Fsp3) is 0.533. The highest BCUT2D eigenvalue weighted by molar-refractivity contribution is 14.0. The number of nitrogens with one attached hydrogen (secondary N) is 2. The van der Waals surface area contributed by atoms with Gasteiger partial charge >= 0.3 is 0 Å². The van der Waals surface area contributed by atoms with Crippen LogP contribution < -0.4 is 10.6 Å². The van der Waals surface area contributed by atoms with Gasteiger partial charge in [0.1, 0.15) is 0 Å². The lowest BCUT2D eigenvalue weighted by atomic mass is 10.3. The Morgan fingerprint density at radius 1 is 1.22 bits per heavy atom. The first-order valence-electron chi connectivity index (χ1n) is 7.50. The van der Waals surface area contributed by atoms with Gasteiger partial charge in [-0.15, -0.1) is 46.7 Å². The van der Waals surface area contributed by atoms with E-state index in [2.05, 4.69) is 44.8 Å². The molecule has 0 bridgehead atoms. The summed E-state index contributed by atoms with van der Waals surface area (Å²) >= 11 is 3.49. The van der Waals surface area contributed by atoms with Crippen LogP contribution in [0.25, 0.3) is 0 Å². The Morgan fingerprint density at radius 3 is 2.52 bits per heavy atom. The highest BCUT2D eigenvalue weighted by Gasteiger charge is 2.03. The van der Waals surface area contributed by atoms with Crippen molar-refractivity contribution in [2.75, 3.05) is 20.1 Å². The van der Waals surface area contributed by atoms with Crippen molar-refractivity contribution in [1.82, 2.24) is 20.6 Å². The lowest BCUT2D eigenvalue weighted by molar-refractivity contribution is 0.775. The van der Waals surface area contributed by atoms with E-state index in [0.29, 0.717) is 0 Å². The van der Waals surface area contributed by atoms with Crippen LogP contribution in [-0.4, -0.2) is 36.1 Å². The molecule has 0 amide bonds. The molecule has 8 heteroatoms. The van der Waals surface area contributed by atoms with Crippen LogP contribution in [0.15, 0.2) is 16.6 Å². The van der Waals surface area contributed by atoms with E-state index in [1.807, 2.05) is 6.20 Å². The van der Waals surface area contributed by atoms with Gasteiger partial charge in [0.2, 0.25) is 0 Å². The van der Waals surface area contributed by atoms with Crippen molar-refractivity contribution >= 4 is 52.6 Å². The van der Waals surface area contributed by atoms with Crippen LogP contribution in [0.1, 0.15) is 27.5 Å². The first-order valence-corrected chi connectivity index (χ1v) is 9.20. The number of halogens is 1. The highest BCUT2D eigenvalue weighted by atomic mass is 127. The molecule has 0 atom stereocenters. The maximum absolute atomic E-state index is 4.57. The second-order valence-electron chi connectivity index (χ2n) is 4.88. The van der Waals surface area contributed by atoms with Crippen LogP contribution >= 0.6 is 46.7 Å². The molecule has 2 aromatic heterocycles. The van der Waals surface area contributed by atoms with Crippen molar-refractivity contribution < 1.29 is 0 Å². The van der Waals surface area contributed by atoms with Gasteiger partial charge < -0.3 is 10.6 Å². The van der Waals surface area contributed by atoms with E-state index in [9.17, 15) is 0 Å². The standard InChI is InChI=1S/C15H23N5S2.HI/c1-4-13-20-12(10-21-13)5-7-17-15(16-3)18-8-6-14-19-9-11(2)22-14;/h9-10H,4-8H2,1-3H3,(H2,16,17,18);1H. The van der Waals surface area contributed by atoms with Crippen molar-refractivity contribution in [3.05, 3.63) is 32.2 Å². The quantitative estimate of drug-likeness (QED) is 0.375. The minimum atomic E-state index is 0. The third-order valence-corrected chi connectivity index (χ3v) is 5.11. The van der Waals surface area contributed by atoms with E-state index >= 15 is 0 Å². The molecular formula is C15H24IN5S2. The van der Waals surface area contributed by atoms with E-state index in [-0.39, 0.29) is 24.0 Å². The fourth-order valence-electron chi connectivity index (χ4n) is 1.96. The topological polar surface area (TPSA) is 62.2 Å². The zero-order chi connectivity index (χ0) is 15.8. The lowest BCUT2D eigenvalue weighted by Gasteiger charge is -2.10. The Balaban J connectivity index is 0.00000264. The van der Waals surface area contributed by atoms with Crippen molar-refractivity contribution in [2.24, 2.45) is 4.99 Å². The molecule has 0 aromatic carbocycles. The minimum absolute atomic E-state index is 0. The van der Waals surface area contributed by atoms with Gasteiger partial charge in [-0.3, -0.25) is 4.99 Å². The summed E-state index contributed by atoms with van der Waals surface area (Å²) < 4.78 is 0. The van der Waals surface area contributed by atoms with Crippen LogP contribution in [0.2, 0.25) is 0 Å². The van der Waals surface area contributed by atoms with E-state index in [0.717, 1.165) is 49.0 Å². The first-order chi connectivity index (χ1) is 10.7. The number of aliphatic imine (C=N–C) groups is 1. The Morgan fingerprint density at radius 2 is 1.96 bits per heavy atom. The average molecular weight is 465 g/mol. The van der Waals surface area contributed by atoms with Crippen LogP contribution in [0, 0.1) is 6.92 Å². The Hall–Kier alpha value is -0.740. The Labute approximate surface area is 163 Å². The second-order valence-corrected chi connectivity index (χ2v) is 7.14. The normalized spacial score (nSPS) is 11.2. The number of nitrogens with zero attached hydrogens (tertiary/aromatic N) is 3. The second kappa shape index (κ2) is 10.9. The molecule has 2 aromatic rings. The van der Waals surface area contributed by atoms with Gasteiger partial charge in [-0.2, -0.15) is 0 Å². The van der Waals surface area contributed by atoms with Gasteiger partial charge in [-0.1, -0.05) is 6.92 Å². The van der Waals surface area contributed by atoms with Crippen molar-refractivity contribution in [2.45, 2.75) is 33.1 Å². The largest absolute Gasteiger partial charge is 0.356 e. The number of guanidine groups is 1. The van der Waals surface area contributed by atoms with Crippen molar-refractivity contribution in [1.29, 1.82) is 0 Å². The van der Waals surface area contributed by atoms with Crippen molar-refractivity contribution in [3.8, 4) is 0 Å². The Bertz CT molecular complexity index is 609. The van der Waals surface area contributed by atoms with Crippen molar-refractivity contribution in [3.63, 3.8) is 0 Å². The van der Waals surface area contributed by atoms with Gasteiger partial charge in [-0.05, 0) is 13.3 Å². The maximum atomic E-state index is 4.57. The molecule has 0 spiro atoms. The minimum Gasteiger partial charge on any atom is -0.356 e. The monoisotopic (exact) mass is 465 g/mol. The molecule has 5 nitrogen and oxygen atoms in total. The number of aryl methyl sites for hydroxylation is 2. The van der Waals surface area contributed by atoms with E-state index in [1.165, 1.54) is 9.88 Å². The van der Waals surface area contributed by atoms with E-state index in [4.69, 9.17) is 0 Å². The molecule has 0 radical (unpaired) electrons. The number of thiazole rings is 2. The van der Waals surface area contributed by atoms with Gasteiger partial charge in [-0.25, -0.2) is 9.97 Å². The molecule has 23 heavy (non-hydrogen) atoms. The summed E-state index contributed by atoms with van der Waals surface area (Å²) in [5.41, 5.74) is 1.16. The SMILES string of the molecule is CCc1nc(CCNC(=NC)NCCc2ncc(C)s2)cs1.I. The Kier molecular flexibility index (Phi) is 9.65. The zero-order valence-corrected chi connectivity index (χ0v) is 17.7. The van der Waals surface area contributed by atoms with Crippen LogP contribution in [0.5, 0.6) is 0 Å². The lowest BCUT2D eigenvalue weighted by Crippen LogP contribution is -2.39. The molecule has 0 aliphatic rings. The molecule has 0 saturated heterocycles. The zero-order valence-electron chi connectivity index (χ0n) is 13.8. The average Bonchev–Trinajstić information content (AvgIpc) is 3.14. The van der Waals surface area contributed by atoms with Gasteiger partial charge in [0.05, 0.1) is 15.7 Å². The number of hydrogen-bond acceptors (Lipinski definition) is 5. The number of hydrogen-bond donors (Lipinski definition) is 2. The van der Waals surface area contributed by atoms with Crippen LogP contribution in [0.4, 0.5) is 0 Å². The van der Waals surface area contributed by atoms with Crippen LogP contribution in [0.3, 0.4) is 0 Å². The summed E-state index contributed by atoms with van der Waals surface area (Å²) in [4.78, 5) is 14.4. The smallest absolute Gasteiger partial charge is 0.191 e. The highest BCUT2D eigenvalue weighted by Crippen LogP contribution is 2.11. The number of aromatic nitrogens is 2. The molecule has 128 valence electrons. The molecule has 2 N–H and O–H groups in total. The maximum Gasteiger partial charge on any atom is 0.191 e. The van der Waals surface area contributed by atoms with Gasteiger partial charge in [0, 0.05) is 49.4 Å². The molecule has 2 rings (SSSR count). The van der Waals surface area contributed by atoms with E-state index in [1.54, 1.807) is 29.7 Å². The molecule has 2 heterocycles.